The van der Waals surface area contributed by atoms with Crippen molar-refractivity contribution in [3.05, 3.63) is 47.6 Å². The minimum atomic E-state index is -2.46. The van der Waals surface area contributed by atoms with Crippen LogP contribution in [0.2, 0.25) is 0 Å². The Morgan fingerprint density at radius 1 is 0.900 bits per heavy atom. The highest BCUT2D eigenvalue weighted by Gasteiger charge is 2.53. The summed E-state index contributed by atoms with van der Waals surface area (Å²) in [5.41, 5.74) is 1.52. The van der Waals surface area contributed by atoms with E-state index in [1.54, 1.807) is 48.0 Å². The fourth-order valence-corrected chi connectivity index (χ4v) is 10.4. The molecule has 2 saturated heterocycles. The monoisotopic (exact) mass is 987 g/mol. The van der Waals surface area contributed by atoms with Crippen LogP contribution in [-0.2, 0) is 52.5 Å². The van der Waals surface area contributed by atoms with E-state index in [9.17, 15) is 44.4 Å². The summed E-state index contributed by atoms with van der Waals surface area (Å²) in [7, 11) is 4.49. The minimum absolute atomic E-state index is 0.0113. The van der Waals surface area contributed by atoms with Crippen molar-refractivity contribution >= 4 is 35.1 Å². The van der Waals surface area contributed by atoms with Gasteiger partial charge in [-0.1, -0.05) is 76.2 Å². The van der Waals surface area contributed by atoms with E-state index in [2.05, 4.69) is 5.16 Å². The van der Waals surface area contributed by atoms with Crippen LogP contribution in [0.4, 0.5) is 0 Å². The molecule has 0 spiro atoms. The molecule has 17 heteroatoms. The van der Waals surface area contributed by atoms with Crippen LogP contribution in [0.15, 0.2) is 52.8 Å². The Morgan fingerprint density at radius 3 is 2.30 bits per heavy atom. The van der Waals surface area contributed by atoms with E-state index in [-0.39, 0.29) is 54.7 Å². The topological polar surface area (TPSA) is 237 Å². The molecule has 1 saturated carbocycles. The van der Waals surface area contributed by atoms with Gasteiger partial charge in [0.25, 0.3) is 11.7 Å². The predicted octanol–water partition coefficient (Wildman–Crippen LogP) is 6.07. The molecule has 4 rings (SSSR count). The summed E-state index contributed by atoms with van der Waals surface area (Å²) in [5, 5.41) is 47.9. The van der Waals surface area contributed by atoms with Crippen LogP contribution in [0.3, 0.4) is 0 Å². The second-order valence-electron chi connectivity index (χ2n) is 20.4. The second-order valence-corrected chi connectivity index (χ2v) is 20.4. The van der Waals surface area contributed by atoms with Crippen LogP contribution in [0.5, 0.6) is 0 Å². The van der Waals surface area contributed by atoms with Gasteiger partial charge in [0, 0.05) is 58.5 Å². The number of aliphatic carboxylic acids is 1. The lowest BCUT2D eigenvalue weighted by Crippen LogP contribution is -2.61. The van der Waals surface area contributed by atoms with E-state index in [1.807, 2.05) is 51.2 Å². The lowest BCUT2D eigenvalue weighted by molar-refractivity contribution is -0.265. The van der Waals surface area contributed by atoms with Gasteiger partial charge >= 0.3 is 11.9 Å². The van der Waals surface area contributed by atoms with Crippen molar-refractivity contribution in [3.63, 3.8) is 0 Å². The number of carbonyl (C=O) groups excluding carboxylic acids is 4. The van der Waals surface area contributed by atoms with Crippen LogP contribution in [-0.4, -0.2) is 149 Å². The van der Waals surface area contributed by atoms with E-state index in [0.29, 0.717) is 69.8 Å². The predicted molar refractivity (Wildman–Crippen MR) is 261 cm³/mol. The first kappa shape index (κ1) is 58.5. The van der Waals surface area contributed by atoms with Crippen molar-refractivity contribution < 1.29 is 72.9 Å². The number of piperidine rings is 1. The van der Waals surface area contributed by atoms with E-state index in [0.717, 1.165) is 5.57 Å². The molecule has 17 nitrogen and oxygen atoms in total. The number of carboxylic acid groups (broad SMARTS) is 1. The van der Waals surface area contributed by atoms with E-state index < -0.39 is 96.4 Å². The van der Waals surface area contributed by atoms with Crippen LogP contribution in [0.25, 0.3) is 0 Å². The first-order valence-corrected chi connectivity index (χ1v) is 25.2. The molecule has 4 aliphatic rings. The number of esters is 1. The summed E-state index contributed by atoms with van der Waals surface area (Å²) < 4.78 is 29.6. The molecule has 0 aromatic rings. The quantitative estimate of drug-likeness (QED) is 0.0888. The van der Waals surface area contributed by atoms with E-state index in [1.165, 1.54) is 12.0 Å². The number of nitrogens with zero attached hydrogens (tertiary/aromatic N) is 2. The number of carbonyl (C=O) groups is 5. The number of methoxy groups -OCH3 is 3. The number of carboxylic acids is 1. The van der Waals surface area contributed by atoms with Gasteiger partial charge in [-0.3, -0.25) is 14.4 Å². The highest BCUT2D eigenvalue weighted by molar-refractivity contribution is 6.39. The molecule has 2 bridgehead atoms. The standard InChI is InChI=1S/C53H82N2O15/c1-31-16-12-11-13-17-32(2)43(65-8)28-39-21-19-37(7)53(64,70-39)50(61)51(62)55-23-15-14-18-41(55)52(63)69-44(34(4)26-38-20-22-42(56)45(27-38)66-9)29-40(54-68-30-46(57)58)33(3)25-36(6)48(60)49(67-10)47(59)35(5)24-31/h11-13,16-17,25,31,33-35,37-39,41-45,48-49,56,60,64H,14-15,18-24,26-30H2,1-10H3,(H,57,58)/b13-11+,16-12+,32-17+,36-25+,54-40?/t31-,33-,34-,35-,37-,38+,39+,41+,42-,43+,44+,45-,48-,49+,53-/m1/s1. The van der Waals surface area contributed by atoms with Crippen molar-refractivity contribution in [1.82, 2.24) is 4.90 Å². The Morgan fingerprint density at radius 2 is 1.63 bits per heavy atom. The first-order chi connectivity index (χ1) is 33.1. The molecule has 1 amide bonds. The third kappa shape index (κ3) is 15.9. The number of cyclic esters (lactones) is 1. The molecule has 0 aromatic heterocycles. The number of ether oxygens (including phenoxy) is 5. The summed E-state index contributed by atoms with van der Waals surface area (Å²) in [6.07, 6.45) is 10.8. The number of rotatable bonds is 9. The van der Waals surface area contributed by atoms with Gasteiger partial charge in [0.05, 0.1) is 30.1 Å². The highest BCUT2D eigenvalue weighted by Crippen LogP contribution is 2.38. The zero-order chi connectivity index (χ0) is 51.9. The Labute approximate surface area is 414 Å². The Kier molecular flexibility index (Phi) is 23.1. The number of hydrogen-bond donors (Lipinski definition) is 4. The van der Waals surface area contributed by atoms with Gasteiger partial charge in [-0.25, -0.2) is 9.59 Å². The maximum Gasteiger partial charge on any atom is 0.344 e. The molecular weight excluding hydrogens is 905 g/mol. The zero-order valence-corrected chi connectivity index (χ0v) is 43.1. The normalized spacial score (nSPS) is 38.8. The molecule has 3 heterocycles. The lowest BCUT2D eigenvalue weighted by Gasteiger charge is -2.42. The van der Waals surface area contributed by atoms with Crippen molar-refractivity contribution in [2.24, 2.45) is 40.7 Å². The van der Waals surface area contributed by atoms with E-state index >= 15 is 0 Å². The summed E-state index contributed by atoms with van der Waals surface area (Å²) >= 11 is 0. The molecule has 0 radical (unpaired) electrons. The fourth-order valence-electron chi connectivity index (χ4n) is 10.4. The fraction of sp³-hybridized carbons (Fsp3) is 0.736. The Hall–Kier alpha value is -4.10. The van der Waals surface area contributed by atoms with E-state index in [4.69, 9.17) is 28.5 Å². The smallest absolute Gasteiger partial charge is 0.344 e. The van der Waals surface area contributed by atoms with Crippen LogP contribution in [0, 0.1) is 35.5 Å². The van der Waals surface area contributed by atoms with Gasteiger partial charge in [0.1, 0.15) is 24.4 Å². The molecule has 0 unspecified atom stereocenters. The molecule has 1 aliphatic carbocycles. The Bertz CT molecular complexity index is 1930. The van der Waals surface area contributed by atoms with Crippen molar-refractivity contribution in [2.75, 3.05) is 34.5 Å². The third-order valence-corrected chi connectivity index (χ3v) is 14.9. The van der Waals surface area contributed by atoms with Gasteiger partial charge in [-0.05, 0) is 107 Å². The molecule has 0 aromatic carbocycles. The zero-order valence-electron chi connectivity index (χ0n) is 43.1. The highest BCUT2D eigenvalue weighted by atomic mass is 16.6. The maximum absolute atomic E-state index is 14.6. The number of oxime groups is 1. The second kappa shape index (κ2) is 27.6. The van der Waals surface area contributed by atoms with Crippen molar-refractivity contribution in [3.8, 4) is 0 Å². The number of amides is 1. The van der Waals surface area contributed by atoms with Gasteiger partial charge < -0.3 is 53.8 Å². The summed E-state index contributed by atoms with van der Waals surface area (Å²) in [6, 6.07) is -1.18. The van der Waals surface area contributed by atoms with Crippen LogP contribution < -0.4 is 0 Å². The van der Waals surface area contributed by atoms with Crippen LogP contribution in [0.1, 0.15) is 126 Å². The number of fused-ring (bicyclic) bond motifs is 3. The third-order valence-electron chi connectivity index (χ3n) is 14.9. The Balaban J connectivity index is 1.79. The average molecular weight is 987 g/mol. The number of hydrogen-bond acceptors (Lipinski definition) is 15. The van der Waals surface area contributed by atoms with Gasteiger partial charge in [0.15, 0.2) is 5.78 Å². The number of aliphatic hydroxyl groups is 3. The van der Waals surface area contributed by atoms with Crippen molar-refractivity contribution in [1.29, 1.82) is 0 Å². The average Bonchev–Trinajstić information content (AvgIpc) is 3.33. The molecular formula is C53H82N2O15. The van der Waals surface area contributed by atoms with Crippen LogP contribution >= 0.6 is 0 Å². The van der Waals surface area contributed by atoms with Gasteiger partial charge in [-0.2, -0.15) is 0 Å². The molecule has 4 N–H and O–H groups in total. The largest absolute Gasteiger partial charge is 0.479 e. The van der Waals surface area contributed by atoms with Gasteiger partial charge in [-0.15, -0.1) is 0 Å². The minimum Gasteiger partial charge on any atom is -0.479 e. The lowest BCUT2D eigenvalue weighted by atomic mass is 9.78. The van der Waals surface area contributed by atoms with Gasteiger partial charge in [0.2, 0.25) is 12.4 Å². The SMILES string of the molecule is CO[C@H]1C[C@@H]2CC[C@@H](C)[C@@](O)(O2)C(=O)C(=O)N2CCCC[C@H]2C(=O)O[C@H]([C@H](C)C[C@@H]2CC[C@@H](O)[C@H](OC)C2)CC(=NOCC(=O)O)[C@H](C)/C=C(\C)[C@@H](O)[C@@H](OC)C(=O)[C@H](C)C[C@H](C)/C=C/C=C/C=C/1C. The molecule has 15 atom stereocenters. The molecule has 394 valence electrons. The molecule has 3 aliphatic heterocycles. The maximum atomic E-state index is 14.6. The first-order valence-electron chi connectivity index (χ1n) is 25.2. The number of ketones is 2. The molecule has 70 heavy (non-hydrogen) atoms. The molecule has 3 fully saturated rings. The summed E-state index contributed by atoms with van der Waals surface area (Å²) in [4.78, 5) is 75.3. The van der Waals surface area contributed by atoms with Crippen molar-refractivity contribution in [2.45, 2.75) is 180 Å². The summed E-state index contributed by atoms with van der Waals surface area (Å²) in [5.74, 6) is -9.18. The number of allylic oxidation sites excluding steroid dienone is 6. The number of aliphatic hydroxyl groups excluding tert-OH is 2. The summed E-state index contributed by atoms with van der Waals surface area (Å²) in [6.45, 7) is 12.0. The number of Topliss-reactive ketones (excluding diaryl/α,β-unsaturated/α-hetero) is 2.